The number of para-hydroxylation sites is 1. The van der Waals surface area contributed by atoms with Crippen LogP contribution in [-0.2, 0) is 6.54 Å². The molecule has 3 aromatic rings. The molecule has 0 N–H and O–H groups in total. The number of fused-ring (bicyclic) bond motifs is 1. The SMILES string of the molecule is O=C(c1ccc(Cl)cc1)C1CCCN(Cc2cccc3cccnc23)C1. The zero-order chi connectivity index (χ0) is 17.9. The van der Waals surface area contributed by atoms with E-state index < -0.39 is 0 Å². The van der Waals surface area contributed by atoms with E-state index in [0.29, 0.717) is 5.02 Å². The molecule has 26 heavy (non-hydrogen) atoms. The first-order valence-electron chi connectivity index (χ1n) is 9.05. The maximum Gasteiger partial charge on any atom is 0.167 e. The maximum atomic E-state index is 12.8. The van der Waals surface area contributed by atoms with E-state index in [-0.39, 0.29) is 11.7 Å². The summed E-state index contributed by atoms with van der Waals surface area (Å²) in [6.45, 7) is 2.65. The lowest BCUT2D eigenvalue weighted by Gasteiger charge is -2.32. The molecule has 1 aromatic heterocycles. The summed E-state index contributed by atoms with van der Waals surface area (Å²) < 4.78 is 0. The van der Waals surface area contributed by atoms with Crippen LogP contribution in [0.3, 0.4) is 0 Å². The molecule has 0 spiro atoms. The third-order valence-corrected chi connectivity index (χ3v) is 5.37. The van der Waals surface area contributed by atoms with Gasteiger partial charge in [-0.25, -0.2) is 0 Å². The molecule has 1 fully saturated rings. The number of piperidine rings is 1. The van der Waals surface area contributed by atoms with Crippen molar-refractivity contribution < 1.29 is 4.79 Å². The van der Waals surface area contributed by atoms with Crippen molar-refractivity contribution in [3.63, 3.8) is 0 Å². The van der Waals surface area contributed by atoms with Crippen molar-refractivity contribution in [3.05, 3.63) is 76.9 Å². The largest absolute Gasteiger partial charge is 0.298 e. The van der Waals surface area contributed by atoms with Crippen molar-refractivity contribution in [2.45, 2.75) is 19.4 Å². The highest BCUT2D eigenvalue weighted by atomic mass is 35.5. The van der Waals surface area contributed by atoms with E-state index in [2.05, 4.69) is 34.1 Å². The number of pyridine rings is 1. The predicted molar refractivity (Wildman–Crippen MR) is 106 cm³/mol. The summed E-state index contributed by atoms with van der Waals surface area (Å²) in [5.74, 6) is 0.273. The van der Waals surface area contributed by atoms with Crippen LogP contribution in [0.2, 0.25) is 5.02 Å². The molecule has 0 saturated carbocycles. The number of hydrogen-bond acceptors (Lipinski definition) is 3. The van der Waals surface area contributed by atoms with Crippen LogP contribution in [0.4, 0.5) is 0 Å². The van der Waals surface area contributed by atoms with Crippen LogP contribution in [-0.4, -0.2) is 28.8 Å². The van der Waals surface area contributed by atoms with Gasteiger partial charge in [0.15, 0.2) is 5.78 Å². The Labute approximate surface area is 158 Å². The van der Waals surface area contributed by atoms with Gasteiger partial charge in [0.1, 0.15) is 0 Å². The normalized spacial score (nSPS) is 18.1. The summed E-state index contributed by atoms with van der Waals surface area (Å²) in [5.41, 5.74) is 3.04. The Morgan fingerprint density at radius 1 is 1.12 bits per heavy atom. The highest BCUT2D eigenvalue weighted by molar-refractivity contribution is 6.30. The zero-order valence-electron chi connectivity index (χ0n) is 14.6. The van der Waals surface area contributed by atoms with Crippen molar-refractivity contribution in [1.29, 1.82) is 0 Å². The van der Waals surface area contributed by atoms with Crippen LogP contribution < -0.4 is 0 Å². The van der Waals surface area contributed by atoms with Gasteiger partial charge in [-0.1, -0.05) is 35.9 Å². The molecule has 3 nitrogen and oxygen atoms in total. The van der Waals surface area contributed by atoms with Gasteiger partial charge in [0.25, 0.3) is 0 Å². The Kier molecular flexibility index (Phi) is 5.00. The monoisotopic (exact) mass is 364 g/mol. The molecule has 0 amide bonds. The van der Waals surface area contributed by atoms with Crippen molar-refractivity contribution in [2.75, 3.05) is 13.1 Å². The van der Waals surface area contributed by atoms with E-state index in [9.17, 15) is 4.79 Å². The van der Waals surface area contributed by atoms with Gasteiger partial charge >= 0.3 is 0 Å². The van der Waals surface area contributed by atoms with Gasteiger partial charge in [0, 0.05) is 41.2 Å². The highest BCUT2D eigenvalue weighted by Crippen LogP contribution is 2.25. The number of hydrogen-bond donors (Lipinski definition) is 0. The highest BCUT2D eigenvalue weighted by Gasteiger charge is 2.26. The van der Waals surface area contributed by atoms with Crippen LogP contribution in [0, 0.1) is 5.92 Å². The Hall–Kier alpha value is -2.23. The molecular weight excluding hydrogens is 344 g/mol. The molecule has 2 heterocycles. The second kappa shape index (κ2) is 7.56. The number of carbonyl (C=O) groups is 1. The summed E-state index contributed by atoms with van der Waals surface area (Å²) in [7, 11) is 0. The van der Waals surface area contributed by atoms with E-state index in [0.717, 1.165) is 48.9 Å². The van der Waals surface area contributed by atoms with Crippen LogP contribution in [0.1, 0.15) is 28.8 Å². The van der Waals surface area contributed by atoms with E-state index in [1.165, 1.54) is 5.56 Å². The molecule has 4 rings (SSSR count). The predicted octanol–water partition coefficient (Wildman–Crippen LogP) is 4.98. The first kappa shape index (κ1) is 17.2. The van der Waals surface area contributed by atoms with Gasteiger partial charge in [-0.05, 0) is 55.3 Å². The smallest absolute Gasteiger partial charge is 0.167 e. The molecule has 1 unspecified atom stereocenters. The number of carbonyl (C=O) groups excluding carboxylic acids is 1. The Bertz CT molecular complexity index is 918. The van der Waals surface area contributed by atoms with E-state index in [1.54, 1.807) is 12.1 Å². The molecule has 0 aliphatic carbocycles. The fourth-order valence-corrected chi connectivity index (χ4v) is 3.92. The maximum absolute atomic E-state index is 12.8. The second-order valence-corrected chi connectivity index (χ2v) is 7.37. The number of ketones is 1. The standard InChI is InChI=1S/C22H21ClN2O/c23-20-10-8-17(9-11-20)22(26)19-7-3-13-25(15-19)14-18-5-1-4-16-6-2-12-24-21(16)18/h1-2,4-6,8-12,19H,3,7,13-15H2. The molecular formula is C22H21ClN2O. The average Bonchev–Trinajstić information content (AvgIpc) is 2.69. The molecule has 0 bridgehead atoms. The van der Waals surface area contributed by atoms with Gasteiger partial charge in [-0.2, -0.15) is 0 Å². The fraction of sp³-hybridized carbons (Fsp3) is 0.273. The van der Waals surface area contributed by atoms with Crippen molar-refractivity contribution in [3.8, 4) is 0 Å². The van der Waals surface area contributed by atoms with E-state index >= 15 is 0 Å². The molecule has 1 aliphatic rings. The first-order chi connectivity index (χ1) is 12.7. The summed E-state index contributed by atoms with van der Waals surface area (Å²) in [5, 5.41) is 1.83. The summed E-state index contributed by atoms with van der Waals surface area (Å²) >= 11 is 5.94. The van der Waals surface area contributed by atoms with Gasteiger partial charge in [-0.3, -0.25) is 14.7 Å². The van der Waals surface area contributed by atoms with Gasteiger partial charge in [0.2, 0.25) is 0 Å². The Morgan fingerprint density at radius 2 is 1.92 bits per heavy atom. The molecule has 2 aromatic carbocycles. The lowest BCUT2D eigenvalue weighted by molar-refractivity contribution is 0.0812. The topological polar surface area (TPSA) is 33.2 Å². The number of rotatable bonds is 4. The lowest BCUT2D eigenvalue weighted by Crippen LogP contribution is -2.38. The van der Waals surface area contributed by atoms with Crippen molar-refractivity contribution >= 4 is 28.3 Å². The number of nitrogens with zero attached hydrogens (tertiary/aromatic N) is 2. The third kappa shape index (κ3) is 3.64. The molecule has 0 radical (unpaired) electrons. The number of Topliss-reactive ketones (excluding diaryl/α,β-unsaturated/α-hetero) is 1. The second-order valence-electron chi connectivity index (χ2n) is 6.94. The molecule has 1 saturated heterocycles. The Balaban J connectivity index is 1.50. The van der Waals surface area contributed by atoms with Crippen LogP contribution in [0.5, 0.6) is 0 Å². The minimum absolute atomic E-state index is 0.0489. The van der Waals surface area contributed by atoms with Crippen molar-refractivity contribution in [2.24, 2.45) is 5.92 Å². The average molecular weight is 365 g/mol. The van der Waals surface area contributed by atoms with Crippen molar-refractivity contribution in [1.82, 2.24) is 9.88 Å². The molecule has 1 aliphatic heterocycles. The quantitative estimate of drug-likeness (QED) is 0.612. The number of halogens is 1. The van der Waals surface area contributed by atoms with Crippen LogP contribution >= 0.6 is 11.6 Å². The molecule has 132 valence electrons. The molecule has 4 heteroatoms. The third-order valence-electron chi connectivity index (χ3n) is 5.12. The lowest BCUT2D eigenvalue weighted by atomic mass is 9.89. The molecule has 1 atom stereocenters. The van der Waals surface area contributed by atoms with Gasteiger partial charge in [0.05, 0.1) is 5.52 Å². The minimum atomic E-state index is 0.0489. The van der Waals surface area contributed by atoms with Crippen LogP contribution in [0.25, 0.3) is 10.9 Å². The fourth-order valence-electron chi connectivity index (χ4n) is 3.80. The van der Waals surface area contributed by atoms with E-state index in [4.69, 9.17) is 11.6 Å². The van der Waals surface area contributed by atoms with E-state index in [1.807, 2.05) is 24.4 Å². The number of likely N-dealkylation sites (tertiary alicyclic amines) is 1. The number of benzene rings is 2. The first-order valence-corrected chi connectivity index (χ1v) is 9.43. The number of aromatic nitrogens is 1. The Morgan fingerprint density at radius 3 is 2.77 bits per heavy atom. The zero-order valence-corrected chi connectivity index (χ0v) is 15.3. The minimum Gasteiger partial charge on any atom is -0.298 e. The van der Waals surface area contributed by atoms with Crippen LogP contribution in [0.15, 0.2) is 60.8 Å². The summed E-state index contributed by atoms with van der Waals surface area (Å²) in [6.07, 6.45) is 3.84. The van der Waals surface area contributed by atoms with Gasteiger partial charge < -0.3 is 0 Å². The summed E-state index contributed by atoms with van der Waals surface area (Å²) in [6, 6.07) is 17.6. The summed E-state index contributed by atoms with van der Waals surface area (Å²) in [4.78, 5) is 19.8. The van der Waals surface area contributed by atoms with Gasteiger partial charge in [-0.15, -0.1) is 0 Å².